The number of aromatic nitrogens is 2. The van der Waals surface area contributed by atoms with E-state index >= 15 is 0 Å². The van der Waals surface area contributed by atoms with Crippen LogP contribution in [0, 0.1) is 0 Å². The van der Waals surface area contributed by atoms with Crippen LogP contribution in [0.4, 0.5) is 0 Å². The summed E-state index contributed by atoms with van der Waals surface area (Å²) in [6, 6.07) is 0. The molecule has 0 radical (unpaired) electrons. The van der Waals surface area contributed by atoms with Gasteiger partial charge in [0.2, 0.25) is 0 Å². The van der Waals surface area contributed by atoms with Gasteiger partial charge in [-0.1, -0.05) is 45.7 Å². The maximum atomic E-state index is 6.16. The van der Waals surface area contributed by atoms with Crippen molar-refractivity contribution in [3.05, 3.63) is 16.7 Å². The minimum atomic E-state index is 0.627. The van der Waals surface area contributed by atoms with Crippen LogP contribution in [-0.2, 0) is 0 Å². The van der Waals surface area contributed by atoms with E-state index in [2.05, 4.69) is 19.4 Å². The minimum absolute atomic E-state index is 0.627. The summed E-state index contributed by atoms with van der Waals surface area (Å²) in [6.07, 6.45) is 5.96. The summed E-state index contributed by atoms with van der Waals surface area (Å²) < 4.78 is 4.46. The fourth-order valence-corrected chi connectivity index (χ4v) is 4.04. The molecule has 2 aromatic heterocycles. The van der Waals surface area contributed by atoms with Crippen molar-refractivity contribution >= 4 is 39.8 Å². The average Bonchev–Trinajstić information content (AvgIpc) is 3.17. The topological polar surface area (TPSA) is 46.6 Å². The average molecular weight is 365 g/mol. The SMILES string of the molecule is CC.CC.CN.Clc1nc2sccn2c1SN1CCCCC1. The van der Waals surface area contributed by atoms with Gasteiger partial charge in [-0.25, -0.2) is 9.29 Å². The van der Waals surface area contributed by atoms with Gasteiger partial charge in [0.1, 0.15) is 5.03 Å². The predicted octanol–water partition coefficient (Wildman–Crippen LogP) is 5.17. The Labute approximate surface area is 148 Å². The molecule has 0 aromatic carbocycles. The van der Waals surface area contributed by atoms with Crippen molar-refractivity contribution in [1.82, 2.24) is 13.7 Å². The van der Waals surface area contributed by atoms with Gasteiger partial charge < -0.3 is 5.73 Å². The Kier molecular flexibility index (Phi) is 13.0. The standard InChI is InChI=1S/C10H12ClN3S2.2C2H6.CH5N/c11-8-9(14-6-7-15-10(14)12-8)16-13-4-2-1-3-5-13;3*1-2/h6-7H,1-5H2;2*1-2H3;2H2,1H3. The first-order chi connectivity index (χ1) is 10.8. The van der Waals surface area contributed by atoms with E-state index in [1.54, 1.807) is 23.3 Å². The van der Waals surface area contributed by atoms with Gasteiger partial charge in [-0.3, -0.25) is 4.40 Å². The molecule has 0 amide bonds. The van der Waals surface area contributed by atoms with Gasteiger partial charge in [-0.2, -0.15) is 0 Å². The lowest BCUT2D eigenvalue weighted by Crippen LogP contribution is -2.23. The molecular formula is C15H29ClN4S2. The molecule has 0 atom stereocenters. The third-order valence-corrected chi connectivity index (χ3v) is 5.03. The van der Waals surface area contributed by atoms with E-state index in [1.807, 2.05) is 39.3 Å². The lowest BCUT2D eigenvalue weighted by Gasteiger charge is -2.24. The molecule has 1 saturated heterocycles. The number of nitrogens with two attached hydrogens (primary N) is 1. The molecule has 2 aromatic rings. The van der Waals surface area contributed by atoms with E-state index in [0.717, 1.165) is 23.1 Å². The molecule has 2 N–H and O–H groups in total. The number of imidazole rings is 1. The molecule has 0 unspecified atom stereocenters. The predicted molar refractivity (Wildman–Crippen MR) is 102 cm³/mol. The first-order valence-electron chi connectivity index (χ1n) is 7.96. The van der Waals surface area contributed by atoms with Crippen LogP contribution in [0.3, 0.4) is 0 Å². The molecule has 0 saturated carbocycles. The second-order valence-corrected chi connectivity index (χ2v) is 6.16. The number of fused-ring (bicyclic) bond motifs is 1. The summed E-state index contributed by atoms with van der Waals surface area (Å²) in [7, 11) is 1.50. The first-order valence-corrected chi connectivity index (χ1v) is 9.99. The number of rotatable bonds is 2. The Balaban J connectivity index is 0.000000661. The van der Waals surface area contributed by atoms with Gasteiger partial charge in [0.15, 0.2) is 10.1 Å². The zero-order chi connectivity index (χ0) is 17.0. The van der Waals surface area contributed by atoms with Crippen molar-refractivity contribution in [3.63, 3.8) is 0 Å². The number of thiazole rings is 1. The van der Waals surface area contributed by atoms with Gasteiger partial charge in [0, 0.05) is 24.7 Å². The van der Waals surface area contributed by atoms with Crippen molar-refractivity contribution in [2.24, 2.45) is 5.73 Å². The molecule has 0 aliphatic carbocycles. The number of piperidine rings is 1. The van der Waals surface area contributed by atoms with E-state index in [9.17, 15) is 0 Å². The fourth-order valence-electron chi connectivity index (χ4n) is 1.90. The second-order valence-electron chi connectivity index (χ2n) is 3.84. The molecule has 3 rings (SSSR count). The summed E-state index contributed by atoms with van der Waals surface area (Å²) in [6.45, 7) is 10.3. The summed E-state index contributed by atoms with van der Waals surface area (Å²) in [5.74, 6) is 0. The molecule has 0 bridgehead atoms. The molecule has 22 heavy (non-hydrogen) atoms. The number of halogens is 1. The van der Waals surface area contributed by atoms with E-state index < -0.39 is 0 Å². The summed E-state index contributed by atoms with van der Waals surface area (Å²) in [4.78, 5) is 5.31. The summed E-state index contributed by atoms with van der Waals surface area (Å²) >= 11 is 9.52. The maximum Gasteiger partial charge on any atom is 0.196 e. The molecule has 1 aliphatic rings. The van der Waals surface area contributed by atoms with Crippen LogP contribution < -0.4 is 5.73 Å². The number of hydrogen-bond acceptors (Lipinski definition) is 5. The van der Waals surface area contributed by atoms with Crippen molar-refractivity contribution in [1.29, 1.82) is 0 Å². The smallest absolute Gasteiger partial charge is 0.196 e. The Morgan fingerprint density at radius 1 is 1.14 bits per heavy atom. The Bertz CT molecular complexity index is 493. The zero-order valence-electron chi connectivity index (χ0n) is 14.3. The van der Waals surface area contributed by atoms with Crippen LogP contribution >= 0.6 is 34.9 Å². The Hall–Kier alpha value is -0.270. The third-order valence-electron chi connectivity index (χ3n) is 2.71. The summed E-state index contributed by atoms with van der Waals surface area (Å²) in [5, 5.41) is 3.72. The molecular weight excluding hydrogens is 336 g/mol. The largest absolute Gasteiger partial charge is 0.333 e. The highest BCUT2D eigenvalue weighted by molar-refractivity contribution is 7.97. The normalized spacial score (nSPS) is 14.1. The third kappa shape index (κ3) is 6.08. The van der Waals surface area contributed by atoms with Crippen LogP contribution in [0.25, 0.3) is 4.96 Å². The van der Waals surface area contributed by atoms with Crippen LogP contribution in [0.1, 0.15) is 47.0 Å². The van der Waals surface area contributed by atoms with Crippen molar-refractivity contribution in [2.45, 2.75) is 52.0 Å². The molecule has 0 spiro atoms. The van der Waals surface area contributed by atoms with Crippen LogP contribution in [-0.4, -0.2) is 33.8 Å². The highest BCUT2D eigenvalue weighted by Crippen LogP contribution is 2.33. The van der Waals surface area contributed by atoms with Gasteiger partial charge in [0.05, 0.1) is 0 Å². The molecule has 128 valence electrons. The monoisotopic (exact) mass is 364 g/mol. The van der Waals surface area contributed by atoms with Gasteiger partial charge >= 0.3 is 0 Å². The molecule has 7 heteroatoms. The van der Waals surface area contributed by atoms with Crippen molar-refractivity contribution in [2.75, 3.05) is 20.1 Å². The van der Waals surface area contributed by atoms with E-state index in [1.165, 1.54) is 26.3 Å². The Morgan fingerprint density at radius 3 is 2.32 bits per heavy atom. The fraction of sp³-hybridized carbons (Fsp3) is 0.667. The van der Waals surface area contributed by atoms with E-state index in [0.29, 0.717) is 5.15 Å². The minimum Gasteiger partial charge on any atom is -0.333 e. The molecule has 3 heterocycles. The molecule has 1 aliphatic heterocycles. The lowest BCUT2D eigenvalue weighted by molar-refractivity contribution is 0.380. The van der Waals surface area contributed by atoms with Gasteiger partial charge in [-0.05, 0) is 31.8 Å². The quantitative estimate of drug-likeness (QED) is 0.746. The Morgan fingerprint density at radius 2 is 1.73 bits per heavy atom. The highest BCUT2D eigenvalue weighted by Gasteiger charge is 2.17. The molecule has 4 nitrogen and oxygen atoms in total. The first kappa shape index (κ1) is 21.7. The van der Waals surface area contributed by atoms with Gasteiger partial charge in [0.25, 0.3) is 0 Å². The number of hydrogen-bond donors (Lipinski definition) is 1. The highest BCUT2D eigenvalue weighted by atomic mass is 35.5. The van der Waals surface area contributed by atoms with Crippen molar-refractivity contribution < 1.29 is 0 Å². The van der Waals surface area contributed by atoms with Crippen LogP contribution in [0.15, 0.2) is 16.6 Å². The van der Waals surface area contributed by atoms with E-state index in [-0.39, 0.29) is 0 Å². The molecule has 1 fully saturated rings. The maximum absolute atomic E-state index is 6.16. The van der Waals surface area contributed by atoms with Crippen molar-refractivity contribution in [3.8, 4) is 0 Å². The van der Waals surface area contributed by atoms with E-state index in [4.69, 9.17) is 11.6 Å². The van der Waals surface area contributed by atoms with Gasteiger partial charge in [-0.15, -0.1) is 11.3 Å². The summed E-state index contributed by atoms with van der Waals surface area (Å²) in [5.41, 5.74) is 4.50. The lowest BCUT2D eigenvalue weighted by atomic mass is 10.2. The zero-order valence-corrected chi connectivity index (χ0v) is 16.7. The van der Waals surface area contributed by atoms with Crippen LogP contribution in [0.2, 0.25) is 5.15 Å². The van der Waals surface area contributed by atoms with Crippen LogP contribution in [0.5, 0.6) is 0 Å². The number of nitrogens with zero attached hydrogens (tertiary/aromatic N) is 3. The second kappa shape index (κ2) is 13.2.